The normalized spacial score (nSPS) is 13.8. The molecule has 7 heteroatoms. The quantitative estimate of drug-likeness (QED) is 0.675. The van der Waals surface area contributed by atoms with Crippen LogP contribution in [0.3, 0.4) is 0 Å². The third-order valence-electron chi connectivity index (χ3n) is 3.65. The summed E-state index contributed by atoms with van der Waals surface area (Å²) in [6, 6.07) is 10.7. The molecule has 2 aromatic carbocycles. The number of hydrogen-bond donors (Lipinski definition) is 1. The van der Waals surface area contributed by atoms with Crippen molar-refractivity contribution in [3.8, 4) is 5.75 Å². The van der Waals surface area contributed by atoms with Crippen LogP contribution in [-0.4, -0.2) is 23.8 Å². The SMILES string of the molecule is O=[N+]([O-])c1ccc(COc2cccc(F)c2C2=NCCCN2)cc1. The summed E-state index contributed by atoms with van der Waals surface area (Å²) in [6.07, 6.45) is 0.914. The van der Waals surface area contributed by atoms with Gasteiger partial charge in [0.25, 0.3) is 5.69 Å². The Hall–Kier alpha value is -2.96. The van der Waals surface area contributed by atoms with Crippen molar-refractivity contribution in [2.45, 2.75) is 13.0 Å². The number of halogens is 1. The molecule has 124 valence electrons. The van der Waals surface area contributed by atoms with Gasteiger partial charge in [-0.3, -0.25) is 15.1 Å². The maximum Gasteiger partial charge on any atom is 0.269 e. The lowest BCUT2D eigenvalue weighted by Gasteiger charge is -2.18. The number of rotatable bonds is 5. The summed E-state index contributed by atoms with van der Waals surface area (Å²) in [6.45, 7) is 1.58. The van der Waals surface area contributed by atoms with E-state index in [0.717, 1.165) is 18.5 Å². The summed E-state index contributed by atoms with van der Waals surface area (Å²) in [7, 11) is 0. The second kappa shape index (κ2) is 7.08. The molecule has 1 N–H and O–H groups in total. The molecule has 6 nitrogen and oxygen atoms in total. The van der Waals surface area contributed by atoms with Gasteiger partial charge in [0.2, 0.25) is 0 Å². The van der Waals surface area contributed by atoms with E-state index in [0.29, 0.717) is 23.7 Å². The number of nitrogens with one attached hydrogen (secondary N) is 1. The molecule has 24 heavy (non-hydrogen) atoms. The van der Waals surface area contributed by atoms with Crippen LogP contribution in [0, 0.1) is 15.9 Å². The molecule has 0 saturated heterocycles. The predicted octanol–water partition coefficient (Wildman–Crippen LogP) is 3.05. The molecule has 0 aromatic heterocycles. The molecule has 0 saturated carbocycles. The van der Waals surface area contributed by atoms with Crippen LogP contribution in [0.4, 0.5) is 10.1 Å². The topological polar surface area (TPSA) is 76.8 Å². The first-order valence-corrected chi connectivity index (χ1v) is 7.58. The number of non-ortho nitro benzene ring substituents is 1. The zero-order valence-corrected chi connectivity index (χ0v) is 12.9. The average Bonchev–Trinajstić information content (AvgIpc) is 2.61. The lowest BCUT2D eigenvalue weighted by atomic mass is 10.1. The second-order valence-electron chi connectivity index (χ2n) is 5.34. The van der Waals surface area contributed by atoms with E-state index >= 15 is 0 Å². The van der Waals surface area contributed by atoms with Crippen LogP contribution in [0.25, 0.3) is 0 Å². The van der Waals surface area contributed by atoms with E-state index in [-0.39, 0.29) is 12.3 Å². The van der Waals surface area contributed by atoms with Gasteiger partial charge in [-0.1, -0.05) is 6.07 Å². The zero-order valence-electron chi connectivity index (χ0n) is 12.9. The van der Waals surface area contributed by atoms with E-state index in [4.69, 9.17) is 4.74 Å². The van der Waals surface area contributed by atoms with Crippen molar-refractivity contribution in [2.75, 3.05) is 13.1 Å². The molecular formula is C17H16FN3O3. The maximum absolute atomic E-state index is 14.2. The minimum Gasteiger partial charge on any atom is -0.488 e. The molecule has 3 rings (SSSR count). The van der Waals surface area contributed by atoms with Gasteiger partial charge in [0, 0.05) is 25.2 Å². The number of nitro groups is 1. The summed E-state index contributed by atoms with van der Waals surface area (Å²) in [5.74, 6) is 0.490. The highest BCUT2D eigenvalue weighted by atomic mass is 19.1. The molecule has 0 unspecified atom stereocenters. The first-order valence-electron chi connectivity index (χ1n) is 7.58. The minimum absolute atomic E-state index is 0.0194. The Balaban J connectivity index is 1.79. The Bertz CT molecular complexity index is 775. The average molecular weight is 329 g/mol. The summed E-state index contributed by atoms with van der Waals surface area (Å²) in [5.41, 5.74) is 1.10. The number of nitro benzene ring substituents is 1. The summed E-state index contributed by atoms with van der Waals surface area (Å²) in [5, 5.41) is 13.8. The van der Waals surface area contributed by atoms with E-state index in [2.05, 4.69) is 10.3 Å². The third kappa shape index (κ3) is 3.51. The Morgan fingerprint density at radius 1 is 1.25 bits per heavy atom. The Morgan fingerprint density at radius 2 is 2.04 bits per heavy atom. The molecular weight excluding hydrogens is 313 g/mol. The summed E-state index contributed by atoms with van der Waals surface area (Å²) in [4.78, 5) is 14.5. The highest BCUT2D eigenvalue weighted by Crippen LogP contribution is 2.24. The molecule has 0 aliphatic carbocycles. The highest BCUT2D eigenvalue weighted by molar-refractivity contribution is 6.01. The van der Waals surface area contributed by atoms with Crippen molar-refractivity contribution in [1.82, 2.24) is 5.32 Å². The van der Waals surface area contributed by atoms with Gasteiger partial charge in [-0.25, -0.2) is 4.39 Å². The molecule has 0 bridgehead atoms. The molecule has 0 radical (unpaired) electrons. The molecule has 0 atom stereocenters. The van der Waals surface area contributed by atoms with Gasteiger partial charge in [-0.15, -0.1) is 0 Å². The molecule has 1 aliphatic rings. The van der Waals surface area contributed by atoms with Crippen molar-refractivity contribution in [3.63, 3.8) is 0 Å². The van der Waals surface area contributed by atoms with Gasteiger partial charge in [0.15, 0.2) is 0 Å². The number of hydrogen-bond acceptors (Lipinski definition) is 5. The Labute approximate surface area is 138 Å². The van der Waals surface area contributed by atoms with Crippen LogP contribution in [0.1, 0.15) is 17.5 Å². The smallest absolute Gasteiger partial charge is 0.269 e. The molecule has 0 fully saturated rings. The largest absolute Gasteiger partial charge is 0.488 e. The monoisotopic (exact) mass is 329 g/mol. The van der Waals surface area contributed by atoms with E-state index in [1.54, 1.807) is 24.3 Å². The zero-order chi connectivity index (χ0) is 16.9. The van der Waals surface area contributed by atoms with Gasteiger partial charge in [0.1, 0.15) is 24.0 Å². The van der Waals surface area contributed by atoms with Gasteiger partial charge in [-0.05, 0) is 36.2 Å². The second-order valence-corrected chi connectivity index (χ2v) is 5.34. The lowest BCUT2D eigenvalue weighted by molar-refractivity contribution is -0.384. The molecule has 0 spiro atoms. The van der Waals surface area contributed by atoms with E-state index in [1.165, 1.54) is 18.2 Å². The summed E-state index contributed by atoms with van der Waals surface area (Å²) < 4.78 is 20.0. The van der Waals surface area contributed by atoms with Crippen LogP contribution in [0.15, 0.2) is 47.5 Å². The fraction of sp³-hybridized carbons (Fsp3) is 0.235. The molecule has 0 amide bonds. The van der Waals surface area contributed by atoms with Crippen molar-refractivity contribution in [2.24, 2.45) is 4.99 Å². The van der Waals surface area contributed by atoms with Crippen molar-refractivity contribution < 1.29 is 14.1 Å². The van der Waals surface area contributed by atoms with Crippen molar-refractivity contribution >= 4 is 11.5 Å². The van der Waals surface area contributed by atoms with Crippen LogP contribution in [-0.2, 0) is 6.61 Å². The number of amidine groups is 1. The fourth-order valence-corrected chi connectivity index (χ4v) is 2.43. The van der Waals surface area contributed by atoms with Crippen LogP contribution < -0.4 is 10.1 Å². The minimum atomic E-state index is -0.456. The summed E-state index contributed by atoms with van der Waals surface area (Å²) >= 11 is 0. The molecule has 2 aromatic rings. The van der Waals surface area contributed by atoms with Crippen molar-refractivity contribution in [1.29, 1.82) is 0 Å². The van der Waals surface area contributed by atoms with Crippen LogP contribution in [0.2, 0.25) is 0 Å². The fourth-order valence-electron chi connectivity index (χ4n) is 2.43. The van der Waals surface area contributed by atoms with Gasteiger partial charge in [0.05, 0.1) is 10.5 Å². The van der Waals surface area contributed by atoms with Gasteiger partial charge >= 0.3 is 0 Å². The van der Waals surface area contributed by atoms with Gasteiger partial charge in [-0.2, -0.15) is 0 Å². The number of ether oxygens (including phenoxy) is 1. The van der Waals surface area contributed by atoms with E-state index < -0.39 is 10.7 Å². The van der Waals surface area contributed by atoms with E-state index in [9.17, 15) is 14.5 Å². The van der Waals surface area contributed by atoms with Crippen LogP contribution >= 0.6 is 0 Å². The number of aliphatic imine (C=N–C) groups is 1. The Kier molecular flexibility index (Phi) is 4.69. The van der Waals surface area contributed by atoms with Crippen LogP contribution in [0.5, 0.6) is 5.75 Å². The van der Waals surface area contributed by atoms with Crippen molar-refractivity contribution in [3.05, 3.63) is 69.5 Å². The van der Waals surface area contributed by atoms with Gasteiger partial charge < -0.3 is 10.1 Å². The first kappa shape index (κ1) is 15.9. The Morgan fingerprint density at radius 3 is 2.71 bits per heavy atom. The highest BCUT2D eigenvalue weighted by Gasteiger charge is 2.17. The predicted molar refractivity (Wildman–Crippen MR) is 87.9 cm³/mol. The lowest BCUT2D eigenvalue weighted by Crippen LogP contribution is -2.31. The first-order chi connectivity index (χ1) is 11.6. The maximum atomic E-state index is 14.2. The number of nitrogens with zero attached hydrogens (tertiary/aromatic N) is 2. The third-order valence-corrected chi connectivity index (χ3v) is 3.65. The molecule has 1 heterocycles. The van der Waals surface area contributed by atoms with E-state index in [1.807, 2.05) is 0 Å². The molecule has 1 aliphatic heterocycles. The number of benzene rings is 2. The standard InChI is InChI=1S/C17H16FN3O3/c18-14-3-1-4-15(16(14)17-19-9-2-10-20-17)24-11-12-5-7-13(8-6-12)21(22)23/h1,3-8H,2,9-11H2,(H,19,20).